The maximum atomic E-state index is 6.21. The van der Waals surface area contributed by atoms with E-state index >= 15 is 0 Å². The van der Waals surface area contributed by atoms with Gasteiger partial charge >= 0.3 is 0 Å². The van der Waals surface area contributed by atoms with Gasteiger partial charge in [-0.25, -0.2) is 9.97 Å². The summed E-state index contributed by atoms with van der Waals surface area (Å²) in [6, 6.07) is 4.35. The number of fused-ring (bicyclic) bond motifs is 1. The molecule has 4 nitrogen and oxygen atoms in total. The summed E-state index contributed by atoms with van der Waals surface area (Å²) in [5, 5.41) is 4.90. The average Bonchev–Trinajstić information content (AvgIpc) is 2.66. The van der Waals surface area contributed by atoms with Crippen molar-refractivity contribution in [2.75, 3.05) is 0 Å². The Hall–Kier alpha value is -1.94. The van der Waals surface area contributed by atoms with E-state index in [2.05, 4.69) is 48.0 Å². The molecule has 0 aliphatic heterocycles. The van der Waals surface area contributed by atoms with E-state index in [9.17, 15) is 0 Å². The predicted octanol–water partition coefficient (Wildman–Crippen LogP) is 3.92. The van der Waals surface area contributed by atoms with Gasteiger partial charge in [-0.05, 0) is 38.8 Å². The second-order valence-corrected chi connectivity index (χ2v) is 5.86. The smallest absolute Gasteiger partial charge is 0.160 e. The van der Waals surface area contributed by atoms with Crippen LogP contribution in [0.2, 0.25) is 5.15 Å². The zero-order chi connectivity index (χ0) is 15.3. The molecular weight excluding hydrogens is 284 g/mol. The summed E-state index contributed by atoms with van der Waals surface area (Å²) < 4.78 is 1.84. The van der Waals surface area contributed by atoms with Crippen LogP contribution in [0.5, 0.6) is 0 Å². The SMILES string of the molecule is Cc1cc(C)c(-c2c3nc(C)nc(Cl)c3nn2C)c(C)c1. The summed E-state index contributed by atoms with van der Waals surface area (Å²) in [6.45, 7) is 8.18. The number of halogens is 1. The van der Waals surface area contributed by atoms with Gasteiger partial charge in [-0.15, -0.1) is 0 Å². The highest BCUT2D eigenvalue weighted by molar-refractivity contribution is 6.33. The van der Waals surface area contributed by atoms with Gasteiger partial charge in [0.25, 0.3) is 0 Å². The van der Waals surface area contributed by atoms with E-state index in [1.54, 1.807) is 0 Å². The van der Waals surface area contributed by atoms with Gasteiger partial charge in [0.1, 0.15) is 16.9 Å². The van der Waals surface area contributed by atoms with Gasteiger partial charge < -0.3 is 0 Å². The Kier molecular flexibility index (Phi) is 3.21. The summed E-state index contributed by atoms with van der Waals surface area (Å²) in [6.07, 6.45) is 0. The minimum Gasteiger partial charge on any atom is -0.265 e. The first kappa shape index (κ1) is 14.0. The van der Waals surface area contributed by atoms with Crippen molar-refractivity contribution in [3.05, 3.63) is 39.8 Å². The van der Waals surface area contributed by atoms with Crippen molar-refractivity contribution in [1.82, 2.24) is 19.7 Å². The fourth-order valence-corrected chi connectivity index (χ4v) is 3.22. The molecule has 21 heavy (non-hydrogen) atoms. The largest absolute Gasteiger partial charge is 0.265 e. The molecule has 0 aliphatic carbocycles. The summed E-state index contributed by atoms with van der Waals surface area (Å²) >= 11 is 6.21. The molecule has 2 heterocycles. The highest BCUT2D eigenvalue weighted by Crippen LogP contribution is 2.34. The van der Waals surface area contributed by atoms with Crippen molar-refractivity contribution < 1.29 is 0 Å². The zero-order valence-corrected chi connectivity index (χ0v) is 13.6. The van der Waals surface area contributed by atoms with Gasteiger partial charge in [-0.3, -0.25) is 4.68 Å². The number of hydrogen-bond acceptors (Lipinski definition) is 3. The van der Waals surface area contributed by atoms with E-state index in [4.69, 9.17) is 11.6 Å². The van der Waals surface area contributed by atoms with Gasteiger partial charge in [0.2, 0.25) is 0 Å². The molecule has 108 valence electrons. The van der Waals surface area contributed by atoms with Crippen LogP contribution in [0.1, 0.15) is 22.5 Å². The van der Waals surface area contributed by atoms with Crippen molar-refractivity contribution in [1.29, 1.82) is 0 Å². The van der Waals surface area contributed by atoms with Gasteiger partial charge in [0, 0.05) is 12.6 Å². The lowest BCUT2D eigenvalue weighted by atomic mass is 9.97. The van der Waals surface area contributed by atoms with E-state index in [0.717, 1.165) is 11.2 Å². The lowest BCUT2D eigenvalue weighted by Crippen LogP contribution is -1.98. The first-order valence-electron chi connectivity index (χ1n) is 6.83. The van der Waals surface area contributed by atoms with E-state index in [1.165, 1.54) is 22.3 Å². The highest BCUT2D eigenvalue weighted by atomic mass is 35.5. The van der Waals surface area contributed by atoms with Gasteiger partial charge in [-0.2, -0.15) is 5.10 Å². The van der Waals surface area contributed by atoms with Crippen LogP contribution >= 0.6 is 11.6 Å². The van der Waals surface area contributed by atoms with E-state index in [1.807, 2.05) is 18.7 Å². The Balaban J connectivity index is 2.44. The molecule has 0 radical (unpaired) electrons. The highest BCUT2D eigenvalue weighted by Gasteiger charge is 2.19. The molecule has 0 amide bonds. The Labute approximate surface area is 128 Å². The van der Waals surface area contributed by atoms with Crippen LogP contribution < -0.4 is 0 Å². The molecule has 5 heteroatoms. The molecule has 3 rings (SSSR count). The fourth-order valence-electron chi connectivity index (χ4n) is 2.97. The lowest BCUT2D eigenvalue weighted by molar-refractivity contribution is 0.786. The molecule has 2 aromatic heterocycles. The van der Waals surface area contributed by atoms with E-state index in [-0.39, 0.29) is 0 Å². The Morgan fingerprint density at radius 2 is 1.57 bits per heavy atom. The summed E-state index contributed by atoms with van der Waals surface area (Å²) in [7, 11) is 1.92. The molecular formula is C16H17ClN4. The first-order chi connectivity index (χ1) is 9.88. The molecule has 1 aromatic carbocycles. The molecule has 0 unspecified atom stereocenters. The quantitative estimate of drug-likeness (QED) is 0.640. The third-order valence-electron chi connectivity index (χ3n) is 3.67. The van der Waals surface area contributed by atoms with Crippen molar-refractivity contribution in [3.63, 3.8) is 0 Å². The Morgan fingerprint density at radius 1 is 0.952 bits per heavy atom. The monoisotopic (exact) mass is 300 g/mol. The minimum absolute atomic E-state index is 0.404. The van der Waals surface area contributed by atoms with Crippen molar-refractivity contribution in [3.8, 4) is 11.3 Å². The van der Waals surface area contributed by atoms with E-state index in [0.29, 0.717) is 16.5 Å². The fraction of sp³-hybridized carbons (Fsp3) is 0.312. The predicted molar refractivity (Wildman–Crippen MR) is 85.7 cm³/mol. The van der Waals surface area contributed by atoms with Crippen LogP contribution in [0.4, 0.5) is 0 Å². The van der Waals surface area contributed by atoms with Crippen LogP contribution in [-0.4, -0.2) is 19.7 Å². The summed E-state index contributed by atoms with van der Waals surface area (Å²) in [5.41, 5.74) is 7.30. The topological polar surface area (TPSA) is 43.6 Å². The van der Waals surface area contributed by atoms with Crippen LogP contribution in [0.25, 0.3) is 22.3 Å². The number of benzene rings is 1. The number of hydrogen-bond donors (Lipinski definition) is 0. The second kappa shape index (κ2) is 4.81. The molecule has 0 aliphatic rings. The lowest BCUT2D eigenvalue weighted by Gasteiger charge is -2.12. The van der Waals surface area contributed by atoms with Crippen LogP contribution in [0, 0.1) is 27.7 Å². The number of rotatable bonds is 1. The number of nitrogens with zero attached hydrogens (tertiary/aromatic N) is 4. The second-order valence-electron chi connectivity index (χ2n) is 5.50. The average molecular weight is 301 g/mol. The summed E-state index contributed by atoms with van der Waals surface area (Å²) in [4.78, 5) is 8.75. The zero-order valence-electron chi connectivity index (χ0n) is 12.8. The summed E-state index contributed by atoms with van der Waals surface area (Å²) in [5.74, 6) is 0.657. The maximum absolute atomic E-state index is 6.21. The van der Waals surface area contributed by atoms with Crippen LogP contribution in [0.15, 0.2) is 12.1 Å². The van der Waals surface area contributed by atoms with Crippen molar-refractivity contribution in [2.24, 2.45) is 7.05 Å². The molecule has 3 aromatic rings. The minimum atomic E-state index is 0.404. The first-order valence-corrected chi connectivity index (χ1v) is 7.21. The molecule has 0 saturated carbocycles. The van der Waals surface area contributed by atoms with Crippen LogP contribution in [0.3, 0.4) is 0 Å². The maximum Gasteiger partial charge on any atom is 0.160 e. The molecule has 0 bridgehead atoms. The van der Waals surface area contributed by atoms with Gasteiger partial charge in [0.05, 0.1) is 5.69 Å². The standard InChI is InChI=1S/C16H17ClN4/c1-8-6-9(2)12(10(3)7-8)15-13-14(20-21(15)5)16(17)19-11(4)18-13/h6-7H,1-5H3. The molecule has 0 spiro atoms. The van der Waals surface area contributed by atoms with Crippen LogP contribution in [-0.2, 0) is 7.05 Å². The molecule has 0 saturated heterocycles. The normalized spacial score (nSPS) is 11.3. The van der Waals surface area contributed by atoms with Crippen molar-refractivity contribution in [2.45, 2.75) is 27.7 Å². The number of aryl methyl sites for hydroxylation is 5. The third-order valence-corrected chi connectivity index (χ3v) is 3.93. The van der Waals surface area contributed by atoms with Gasteiger partial charge in [-0.1, -0.05) is 29.3 Å². The third kappa shape index (κ3) is 2.20. The molecule has 0 N–H and O–H groups in total. The Bertz CT molecular complexity index is 841. The van der Waals surface area contributed by atoms with E-state index < -0.39 is 0 Å². The Morgan fingerprint density at radius 3 is 2.19 bits per heavy atom. The molecule has 0 atom stereocenters. The number of aromatic nitrogens is 4. The molecule has 0 fully saturated rings. The van der Waals surface area contributed by atoms with Crippen molar-refractivity contribution >= 4 is 22.6 Å². The van der Waals surface area contributed by atoms with Gasteiger partial charge in [0.15, 0.2) is 5.15 Å².